The lowest BCUT2D eigenvalue weighted by atomic mass is 10.1. The van der Waals surface area contributed by atoms with Crippen LogP contribution < -0.4 is 0 Å². The van der Waals surface area contributed by atoms with Crippen LogP contribution in [0.3, 0.4) is 0 Å². The Kier molecular flexibility index (Phi) is 4.48. The molecule has 0 spiro atoms. The molecule has 18 heavy (non-hydrogen) atoms. The summed E-state index contributed by atoms with van der Waals surface area (Å²) in [5.41, 5.74) is 2.66. The van der Waals surface area contributed by atoms with Crippen LogP contribution in [0.4, 0.5) is 0 Å². The summed E-state index contributed by atoms with van der Waals surface area (Å²) in [5, 5.41) is 8.83. The molecule has 4 heteroatoms. The van der Waals surface area contributed by atoms with Crippen molar-refractivity contribution in [3.05, 3.63) is 34.9 Å². The fourth-order valence-corrected chi connectivity index (χ4v) is 1.89. The van der Waals surface area contributed by atoms with E-state index in [-0.39, 0.29) is 12.5 Å². The van der Waals surface area contributed by atoms with E-state index in [4.69, 9.17) is 5.11 Å². The Hall–Kier alpha value is -1.84. The molecule has 1 amide bonds. The second-order valence-corrected chi connectivity index (χ2v) is 4.80. The maximum Gasteiger partial charge on any atom is 0.308 e. The summed E-state index contributed by atoms with van der Waals surface area (Å²) in [4.78, 5) is 24.4. The van der Waals surface area contributed by atoms with E-state index >= 15 is 0 Å². The Morgan fingerprint density at radius 3 is 2.17 bits per heavy atom. The molecule has 1 atom stereocenters. The van der Waals surface area contributed by atoms with Gasteiger partial charge in [-0.3, -0.25) is 9.59 Å². The highest BCUT2D eigenvalue weighted by Gasteiger charge is 2.18. The molecule has 0 bridgehead atoms. The number of hydrogen-bond donors (Lipinski definition) is 1. The third kappa shape index (κ3) is 3.58. The van der Waals surface area contributed by atoms with Gasteiger partial charge in [0, 0.05) is 19.2 Å². The lowest BCUT2D eigenvalue weighted by Crippen LogP contribution is -2.33. The molecule has 0 aromatic heterocycles. The maximum absolute atomic E-state index is 12.1. The first-order valence-electron chi connectivity index (χ1n) is 5.88. The predicted molar refractivity (Wildman–Crippen MR) is 69.7 cm³/mol. The minimum Gasteiger partial charge on any atom is -0.481 e. The van der Waals surface area contributed by atoms with Gasteiger partial charge in [0.1, 0.15) is 0 Å². The van der Waals surface area contributed by atoms with Crippen molar-refractivity contribution in [2.45, 2.75) is 20.8 Å². The van der Waals surface area contributed by atoms with E-state index in [1.165, 1.54) is 4.90 Å². The van der Waals surface area contributed by atoms with E-state index < -0.39 is 11.9 Å². The van der Waals surface area contributed by atoms with Crippen molar-refractivity contribution < 1.29 is 14.7 Å². The minimum atomic E-state index is -0.893. The average Bonchev–Trinajstić information content (AvgIpc) is 2.26. The van der Waals surface area contributed by atoms with E-state index in [0.717, 1.165) is 11.1 Å². The molecule has 1 unspecified atom stereocenters. The van der Waals surface area contributed by atoms with Crippen LogP contribution in [0.2, 0.25) is 0 Å². The molecule has 0 aliphatic carbocycles. The summed E-state index contributed by atoms with van der Waals surface area (Å²) < 4.78 is 0. The number of amides is 1. The van der Waals surface area contributed by atoms with E-state index in [9.17, 15) is 9.59 Å². The molecule has 98 valence electrons. The summed E-state index contributed by atoms with van der Waals surface area (Å²) in [7, 11) is 1.62. The quantitative estimate of drug-likeness (QED) is 0.889. The van der Waals surface area contributed by atoms with Gasteiger partial charge in [-0.05, 0) is 26.0 Å². The second kappa shape index (κ2) is 5.67. The van der Waals surface area contributed by atoms with Gasteiger partial charge < -0.3 is 10.0 Å². The summed E-state index contributed by atoms with van der Waals surface area (Å²) >= 11 is 0. The van der Waals surface area contributed by atoms with Crippen LogP contribution in [-0.4, -0.2) is 35.5 Å². The lowest BCUT2D eigenvalue weighted by molar-refractivity contribution is -0.141. The number of carbonyl (C=O) groups is 2. The topological polar surface area (TPSA) is 57.6 Å². The number of rotatable bonds is 4. The van der Waals surface area contributed by atoms with Crippen molar-refractivity contribution in [2.24, 2.45) is 5.92 Å². The fraction of sp³-hybridized carbons (Fsp3) is 0.429. The number of carbonyl (C=O) groups excluding carboxylic acids is 1. The monoisotopic (exact) mass is 249 g/mol. The number of carboxylic acids is 1. The molecule has 0 saturated carbocycles. The first-order valence-corrected chi connectivity index (χ1v) is 5.88. The Labute approximate surface area is 107 Å². The number of aryl methyl sites for hydroxylation is 2. The highest BCUT2D eigenvalue weighted by atomic mass is 16.4. The minimum absolute atomic E-state index is 0.144. The van der Waals surface area contributed by atoms with Gasteiger partial charge in [-0.1, -0.05) is 24.1 Å². The standard InChI is InChI=1S/C14H19NO3/c1-9-5-10(2)7-12(6-9)13(16)15(4)8-11(3)14(17)18/h5-7,11H,8H2,1-4H3,(H,17,18). The number of aliphatic carboxylic acids is 1. The summed E-state index contributed by atoms with van der Waals surface area (Å²) in [6, 6.07) is 5.63. The van der Waals surface area contributed by atoms with Gasteiger partial charge in [0.05, 0.1) is 5.92 Å². The Morgan fingerprint density at radius 2 is 1.72 bits per heavy atom. The Morgan fingerprint density at radius 1 is 1.22 bits per heavy atom. The van der Waals surface area contributed by atoms with Gasteiger partial charge in [-0.15, -0.1) is 0 Å². The molecule has 0 aliphatic heterocycles. The van der Waals surface area contributed by atoms with Crippen LogP contribution in [-0.2, 0) is 4.79 Å². The molecule has 1 N–H and O–H groups in total. The zero-order valence-electron chi connectivity index (χ0n) is 11.2. The van der Waals surface area contributed by atoms with Gasteiger partial charge >= 0.3 is 5.97 Å². The van der Waals surface area contributed by atoms with E-state index in [2.05, 4.69) is 0 Å². The van der Waals surface area contributed by atoms with Crippen molar-refractivity contribution in [3.63, 3.8) is 0 Å². The van der Waals surface area contributed by atoms with Gasteiger partial charge in [-0.25, -0.2) is 0 Å². The van der Waals surface area contributed by atoms with Crippen molar-refractivity contribution in [1.29, 1.82) is 0 Å². The number of carboxylic acid groups (broad SMARTS) is 1. The molecule has 0 aliphatic rings. The van der Waals surface area contributed by atoms with Gasteiger partial charge in [-0.2, -0.15) is 0 Å². The summed E-state index contributed by atoms with van der Waals surface area (Å²) in [6.07, 6.45) is 0. The van der Waals surface area contributed by atoms with Gasteiger partial charge in [0.25, 0.3) is 5.91 Å². The summed E-state index contributed by atoms with van der Waals surface area (Å²) in [5.74, 6) is -1.60. The Balaban J connectivity index is 2.83. The molecule has 0 radical (unpaired) electrons. The van der Waals surface area contributed by atoms with Gasteiger partial charge in [0.15, 0.2) is 0 Å². The van der Waals surface area contributed by atoms with Crippen LogP contribution in [0.25, 0.3) is 0 Å². The van der Waals surface area contributed by atoms with Crippen LogP contribution in [0.15, 0.2) is 18.2 Å². The molecule has 1 aromatic rings. The first-order chi connectivity index (χ1) is 8.31. The zero-order valence-corrected chi connectivity index (χ0v) is 11.2. The SMILES string of the molecule is Cc1cc(C)cc(C(=O)N(C)CC(C)C(=O)O)c1. The second-order valence-electron chi connectivity index (χ2n) is 4.80. The smallest absolute Gasteiger partial charge is 0.308 e. The fourth-order valence-electron chi connectivity index (χ4n) is 1.89. The third-order valence-electron chi connectivity index (χ3n) is 2.78. The average molecular weight is 249 g/mol. The number of nitrogens with zero attached hydrogens (tertiary/aromatic N) is 1. The van der Waals surface area contributed by atoms with Crippen LogP contribution >= 0.6 is 0 Å². The molecular formula is C14H19NO3. The predicted octanol–water partition coefficient (Wildman–Crippen LogP) is 2.10. The third-order valence-corrected chi connectivity index (χ3v) is 2.78. The van der Waals surface area contributed by atoms with Crippen LogP contribution in [0.1, 0.15) is 28.4 Å². The molecule has 1 rings (SSSR count). The van der Waals surface area contributed by atoms with Crippen molar-refractivity contribution >= 4 is 11.9 Å². The normalized spacial score (nSPS) is 12.0. The van der Waals surface area contributed by atoms with Crippen LogP contribution in [0.5, 0.6) is 0 Å². The van der Waals surface area contributed by atoms with Crippen molar-refractivity contribution in [3.8, 4) is 0 Å². The lowest BCUT2D eigenvalue weighted by Gasteiger charge is -2.20. The van der Waals surface area contributed by atoms with Crippen LogP contribution in [0, 0.1) is 19.8 Å². The van der Waals surface area contributed by atoms with E-state index in [1.807, 2.05) is 32.0 Å². The van der Waals surface area contributed by atoms with E-state index in [1.54, 1.807) is 14.0 Å². The Bertz CT molecular complexity index is 448. The van der Waals surface area contributed by atoms with Crippen molar-refractivity contribution in [1.82, 2.24) is 4.90 Å². The van der Waals surface area contributed by atoms with E-state index in [0.29, 0.717) is 5.56 Å². The molecule has 0 saturated heterocycles. The molecule has 1 aromatic carbocycles. The summed E-state index contributed by atoms with van der Waals surface area (Å²) in [6.45, 7) is 5.67. The molecule has 0 heterocycles. The molecule has 0 fully saturated rings. The molecular weight excluding hydrogens is 230 g/mol. The first kappa shape index (κ1) is 14.2. The van der Waals surface area contributed by atoms with Gasteiger partial charge in [0.2, 0.25) is 0 Å². The number of hydrogen-bond acceptors (Lipinski definition) is 2. The zero-order chi connectivity index (χ0) is 13.9. The highest BCUT2D eigenvalue weighted by molar-refractivity contribution is 5.94. The van der Waals surface area contributed by atoms with Crippen molar-refractivity contribution in [2.75, 3.05) is 13.6 Å². The number of benzene rings is 1. The maximum atomic E-state index is 12.1. The largest absolute Gasteiger partial charge is 0.481 e. The highest BCUT2D eigenvalue weighted by Crippen LogP contribution is 2.12. The molecule has 4 nitrogen and oxygen atoms in total.